The molecule has 1 saturated heterocycles. The predicted molar refractivity (Wildman–Crippen MR) is 118 cm³/mol. The van der Waals surface area contributed by atoms with Gasteiger partial charge in [0.25, 0.3) is 5.91 Å². The zero-order valence-corrected chi connectivity index (χ0v) is 18.7. The second-order valence-electron chi connectivity index (χ2n) is 8.10. The number of nitrogens with one attached hydrogen (secondary N) is 1. The van der Waals surface area contributed by atoms with E-state index in [0.29, 0.717) is 45.4 Å². The molecule has 5 heterocycles. The monoisotopic (exact) mass is 482 g/mol. The number of aromatic nitrogens is 6. The Morgan fingerprint density at radius 1 is 1.17 bits per heavy atom. The first kappa shape index (κ1) is 22.5. The molecule has 2 N–H and O–H groups in total. The maximum absolute atomic E-state index is 12.9. The number of likely N-dealkylation sites (N-methyl/N-ethyl adjacent to an activating group) is 1. The Morgan fingerprint density at radius 3 is 2.60 bits per heavy atom. The summed E-state index contributed by atoms with van der Waals surface area (Å²) in [4.78, 5) is 26.9. The molecule has 1 amide bonds. The van der Waals surface area contributed by atoms with Crippen molar-refractivity contribution in [1.29, 1.82) is 0 Å². The van der Waals surface area contributed by atoms with Gasteiger partial charge < -0.3 is 19.8 Å². The van der Waals surface area contributed by atoms with Crippen molar-refractivity contribution >= 4 is 17.5 Å². The van der Waals surface area contributed by atoms with E-state index >= 15 is 0 Å². The molecule has 0 radical (unpaired) electrons. The zero-order chi connectivity index (χ0) is 24.7. The van der Waals surface area contributed by atoms with Gasteiger partial charge in [0.1, 0.15) is 5.69 Å². The van der Waals surface area contributed by atoms with Crippen LogP contribution in [0.3, 0.4) is 0 Å². The van der Waals surface area contributed by atoms with Crippen molar-refractivity contribution in [2.75, 3.05) is 18.9 Å². The lowest BCUT2D eigenvalue weighted by atomic mass is 9.98. The van der Waals surface area contributed by atoms with Gasteiger partial charge in [-0.2, -0.15) is 13.9 Å². The molecule has 5 rings (SSSR count). The van der Waals surface area contributed by atoms with Gasteiger partial charge in [-0.1, -0.05) is 11.2 Å². The Balaban J connectivity index is 1.40. The van der Waals surface area contributed by atoms with E-state index in [9.17, 15) is 18.7 Å². The maximum Gasteiger partial charge on any atom is 0.333 e. The van der Waals surface area contributed by atoms with Crippen molar-refractivity contribution in [2.45, 2.75) is 25.5 Å². The Morgan fingerprint density at radius 2 is 1.91 bits per heavy atom. The topological polar surface area (TPSA) is 135 Å². The second kappa shape index (κ2) is 8.51. The highest BCUT2D eigenvalue weighted by Gasteiger charge is 2.48. The minimum Gasteiger partial charge on any atom is -0.373 e. The van der Waals surface area contributed by atoms with Crippen molar-refractivity contribution in [2.24, 2.45) is 0 Å². The van der Waals surface area contributed by atoms with Gasteiger partial charge in [-0.05, 0) is 25.1 Å². The van der Waals surface area contributed by atoms with Crippen molar-refractivity contribution in [1.82, 2.24) is 34.8 Å². The van der Waals surface area contributed by atoms with Gasteiger partial charge in [0.05, 0.1) is 34.7 Å². The summed E-state index contributed by atoms with van der Waals surface area (Å²) in [7, 11) is 1.61. The molecule has 35 heavy (non-hydrogen) atoms. The van der Waals surface area contributed by atoms with Crippen LogP contribution in [-0.4, -0.2) is 59.4 Å². The van der Waals surface area contributed by atoms with E-state index in [0.717, 1.165) is 0 Å². The second-order valence-corrected chi connectivity index (χ2v) is 8.10. The predicted octanol–water partition coefficient (Wildman–Crippen LogP) is 2.89. The van der Waals surface area contributed by atoms with Crippen molar-refractivity contribution in [3.05, 3.63) is 54.2 Å². The number of aliphatic hydroxyl groups is 1. The van der Waals surface area contributed by atoms with Crippen LogP contribution in [0.2, 0.25) is 0 Å². The summed E-state index contributed by atoms with van der Waals surface area (Å²) in [5, 5.41) is 21.4. The number of anilines is 2. The molecule has 1 aliphatic heterocycles. The van der Waals surface area contributed by atoms with Crippen LogP contribution in [0.1, 0.15) is 24.4 Å². The van der Waals surface area contributed by atoms with Gasteiger partial charge in [-0.15, -0.1) is 0 Å². The number of halogens is 2. The highest BCUT2D eigenvalue weighted by Crippen LogP contribution is 2.34. The largest absolute Gasteiger partial charge is 0.373 e. The highest BCUT2D eigenvalue weighted by molar-refractivity contribution is 5.87. The fraction of sp³-hybridized carbons (Fsp3) is 0.273. The number of nitrogens with zero attached hydrogens (tertiary/aromatic N) is 7. The van der Waals surface area contributed by atoms with Crippen LogP contribution in [0.4, 0.5) is 20.4 Å². The summed E-state index contributed by atoms with van der Waals surface area (Å²) in [6.45, 7) is -0.754. The van der Waals surface area contributed by atoms with Crippen LogP contribution in [0.5, 0.6) is 0 Å². The quantitative estimate of drug-likeness (QED) is 0.425. The molecule has 4 aromatic heterocycles. The number of pyridine rings is 1. The average molecular weight is 482 g/mol. The van der Waals surface area contributed by atoms with Crippen LogP contribution < -0.4 is 5.32 Å². The van der Waals surface area contributed by atoms with Crippen molar-refractivity contribution < 1.29 is 23.2 Å². The molecule has 0 aromatic carbocycles. The smallest absolute Gasteiger partial charge is 0.333 e. The van der Waals surface area contributed by atoms with Crippen LogP contribution in [0.25, 0.3) is 22.8 Å². The Hall–Kier alpha value is -4.26. The number of carbonyl (C=O) groups is 1. The first-order chi connectivity index (χ1) is 16.7. The molecule has 0 saturated carbocycles. The molecular formula is C22H20F2N8O3. The van der Waals surface area contributed by atoms with Gasteiger partial charge in [-0.3, -0.25) is 4.79 Å². The minimum absolute atomic E-state index is 0.0577. The standard InChI is InChI=1S/C22H20F2N8O3/c1-12-17(11-32(29-12)20(23)24)28-21-25-8-6-15(27-21)13-4-3-5-14(26-13)16-10-18(35-30-16)22(34)7-9-31(2)19(22)33/h3-6,8,10-11,20,34H,7,9H2,1-2H3,(H,25,27,28). The molecule has 1 fully saturated rings. The van der Waals surface area contributed by atoms with E-state index in [-0.39, 0.29) is 18.1 Å². The van der Waals surface area contributed by atoms with Crippen LogP contribution >= 0.6 is 0 Å². The number of carbonyl (C=O) groups excluding carboxylic acids is 1. The Bertz CT molecular complexity index is 1400. The molecule has 13 heteroatoms. The summed E-state index contributed by atoms with van der Waals surface area (Å²) in [5.74, 6) is -0.207. The number of amides is 1. The molecule has 1 unspecified atom stereocenters. The number of likely N-dealkylation sites (tertiary alicyclic amines) is 1. The number of rotatable bonds is 6. The molecule has 4 aromatic rings. The molecule has 1 aliphatic rings. The lowest BCUT2D eigenvalue weighted by molar-refractivity contribution is -0.144. The summed E-state index contributed by atoms with van der Waals surface area (Å²) in [5.41, 5.74) is 0.730. The number of alkyl halides is 2. The highest BCUT2D eigenvalue weighted by atomic mass is 19.3. The molecule has 0 spiro atoms. The number of hydrogen-bond donors (Lipinski definition) is 2. The van der Waals surface area contributed by atoms with Gasteiger partial charge in [0.2, 0.25) is 11.5 Å². The van der Waals surface area contributed by atoms with Crippen molar-refractivity contribution in [3.63, 3.8) is 0 Å². The normalized spacial score (nSPS) is 18.0. The summed E-state index contributed by atoms with van der Waals surface area (Å²) < 4.78 is 31.6. The summed E-state index contributed by atoms with van der Waals surface area (Å²) in [6.07, 6.45) is 2.90. The summed E-state index contributed by atoms with van der Waals surface area (Å²) in [6, 6.07) is 8.34. The molecule has 11 nitrogen and oxygen atoms in total. The first-order valence-corrected chi connectivity index (χ1v) is 10.6. The number of hydrogen-bond acceptors (Lipinski definition) is 9. The Labute approximate surface area is 197 Å². The zero-order valence-electron chi connectivity index (χ0n) is 18.7. The van der Waals surface area contributed by atoms with Gasteiger partial charge in [0.15, 0.2) is 5.76 Å². The van der Waals surface area contributed by atoms with Gasteiger partial charge in [-0.25, -0.2) is 19.6 Å². The van der Waals surface area contributed by atoms with Crippen LogP contribution in [0, 0.1) is 6.92 Å². The molecule has 180 valence electrons. The van der Waals surface area contributed by atoms with E-state index in [1.165, 1.54) is 23.4 Å². The van der Waals surface area contributed by atoms with Crippen LogP contribution in [-0.2, 0) is 10.4 Å². The van der Waals surface area contributed by atoms with E-state index in [1.807, 2.05) is 0 Å². The SMILES string of the molecule is Cc1nn(C(F)F)cc1Nc1nccc(-c2cccc(-c3cc(C4(O)CCN(C)C4=O)on3)n2)n1. The summed E-state index contributed by atoms with van der Waals surface area (Å²) >= 11 is 0. The lowest BCUT2D eigenvalue weighted by Gasteiger charge is -2.16. The maximum atomic E-state index is 12.9. The minimum atomic E-state index is -2.76. The third-order valence-corrected chi connectivity index (χ3v) is 5.72. The lowest BCUT2D eigenvalue weighted by Crippen LogP contribution is -2.35. The molecule has 0 aliphatic carbocycles. The fourth-order valence-electron chi connectivity index (χ4n) is 3.78. The molecular weight excluding hydrogens is 462 g/mol. The van der Waals surface area contributed by atoms with E-state index < -0.39 is 18.1 Å². The molecule has 1 atom stereocenters. The third-order valence-electron chi connectivity index (χ3n) is 5.72. The van der Waals surface area contributed by atoms with Crippen LogP contribution in [0.15, 0.2) is 47.2 Å². The van der Waals surface area contributed by atoms with Gasteiger partial charge >= 0.3 is 6.55 Å². The van der Waals surface area contributed by atoms with E-state index in [4.69, 9.17) is 4.52 Å². The average Bonchev–Trinajstić information content (AvgIpc) is 3.56. The fourth-order valence-corrected chi connectivity index (χ4v) is 3.78. The van der Waals surface area contributed by atoms with Gasteiger partial charge in [0, 0.05) is 32.3 Å². The molecule has 0 bridgehead atoms. The Kier molecular flexibility index (Phi) is 5.47. The van der Waals surface area contributed by atoms with E-state index in [2.05, 4.69) is 30.5 Å². The van der Waals surface area contributed by atoms with E-state index in [1.54, 1.807) is 38.2 Å². The third kappa shape index (κ3) is 4.10. The first-order valence-electron chi connectivity index (χ1n) is 10.6. The number of aryl methyl sites for hydroxylation is 1. The van der Waals surface area contributed by atoms with Crippen molar-refractivity contribution in [3.8, 4) is 22.8 Å².